The van der Waals surface area contributed by atoms with Crippen molar-refractivity contribution < 1.29 is 24.0 Å². The van der Waals surface area contributed by atoms with Gasteiger partial charge in [0.05, 0.1) is 0 Å². The number of carbonyl (C=O) groups is 5. The minimum absolute atomic E-state index is 0.0431. The van der Waals surface area contributed by atoms with Crippen LogP contribution in [0.2, 0.25) is 0 Å². The molecule has 1 heterocycles. The van der Waals surface area contributed by atoms with Crippen LogP contribution in [0.5, 0.6) is 0 Å². The van der Waals surface area contributed by atoms with Crippen LogP contribution in [0.15, 0.2) is 60.7 Å². The number of amides is 5. The van der Waals surface area contributed by atoms with E-state index in [1.807, 2.05) is 88.4 Å². The topological polar surface area (TPSA) is 163 Å². The maximum absolute atomic E-state index is 14.3. The fraction of sp³-hybridized carbons (Fsp3) is 0.528. The second-order valence-electron chi connectivity index (χ2n) is 13.2. The van der Waals surface area contributed by atoms with E-state index in [1.54, 1.807) is 7.05 Å². The van der Waals surface area contributed by atoms with Gasteiger partial charge in [0.15, 0.2) is 0 Å². The molecule has 0 aromatic heterocycles. The van der Waals surface area contributed by atoms with Crippen LogP contribution in [0.1, 0.15) is 64.5 Å². The Morgan fingerprint density at radius 2 is 1.19 bits per heavy atom. The molecule has 256 valence electrons. The van der Waals surface area contributed by atoms with E-state index in [0.717, 1.165) is 11.1 Å². The van der Waals surface area contributed by atoms with Gasteiger partial charge in [0.1, 0.15) is 30.2 Å². The molecule has 0 bridgehead atoms. The molecule has 6 N–H and O–H groups in total. The third-order valence-corrected chi connectivity index (χ3v) is 8.45. The van der Waals surface area contributed by atoms with Crippen molar-refractivity contribution in [2.45, 2.75) is 96.4 Å². The number of benzene rings is 2. The number of nitrogens with zero attached hydrogens (tertiary/aromatic N) is 1. The van der Waals surface area contributed by atoms with Gasteiger partial charge in [-0.25, -0.2) is 0 Å². The van der Waals surface area contributed by atoms with Crippen molar-refractivity contribution in [2.24, 2.45) is 17.6 Å². The summed E-state index contributed by atoms with van der Waals surface area (Å²) in [5.41, 5.74) is 7.37. The van der Waals surface area contributed by atoms with Crippen LogP contribution in [0.25, 0.3) is 0 Å². The molecule has 47 heavy (non-hydrogen) atoms. The Kier molecular flexibility index (Phi) is 14.4. The predicted molar refractivity (Wildman–Crippen MR) is 182 cm³/mol. The van der Waals surface area contributed by atoms with E-state index >= 15 is 0 Å². The van der Waals surface area contributed by atoms with Crippen LogP contribution < -0.4 is 27.0 Å². The van der Waals surface area contributed by atoms with Crippen LogP contribution in [-0.2, 0) is 36.8 Å². The standard InChI is InChI=1S/C36H52N6O5/c1-23(2)20-28-33(44)38-27(18-12-13-19-37)32(43)40-29(21-25-14-8-6-9-15-25)36(47)42(5)30(22-26-16-10-7-11-17-26)34(45)41-31(24(3)4)35(46)39-28/h6-11,14-17,23-24,27-31H,12-13,18-22,37H2,1-5H3,(H,38,44)(H,39,46)(H,40,43)(H,41,45)/t27-,28-,29-,30+,31-/m0/s1. The number of likely N-dealkylation sites (N-methyl/N-ethyl adjacent to an activating group) is 1. The molecule has 1 fully saturated rings. The molecule has 0 unspecified atom stereocenters. The first-order valence-electron chi connectivity index (χ1n) is 16.7. The lowest BCUT2D eigenvalue weighted by Gasteiger charge is -2.33. The zero-order chi connectivity index (χ0) is 34.5. The van der Waals surface area contributed by atoms with Crippen LogP contribution in [-0.4, -0.2) is 78.2 Å². The Balaban J connectivity index is 2.12. The largest absolute Gasteiger partial charge is 0.343 e. The second kappa shape index (κ2) is 18.2. The molecule has 1 aliphatic rings. The zero-order valence-electron chi connectivity index (χ0n) is 28.3. The molecule has 3 rings (SSSR count). The van der Waals surface area contributed by atoms with Crippen molar-refractivity contribution in [3.05, 3.63) is 71.8 Å². The summed E-state index contributed by atoms with van der Waals surface area (Å²) in [4.78, 5) is 71.1. The molecule has 0 aliphatic carbocycles. The van der Waals surface area contributed by atoms with Crippen molar-refractivity contribution in [1.82, 2.24) is 26.2 Å². The number of carbonyl (C=O) groups excluding carboxylic acids is 5. The molecule has 0 radical (unpaired) electrons. The number of hydrogen-bond acceptors (Lipinski definition) is 6. The Morgan fingerprint density at radius 1 is 0.660 bits per heavy atom. The molecule has 2 aromatic rings. The van der Waals surface area contributed by atoms with Gasteiger partial charge in [-0.3, -0.25) is 24.0 Å². The van der Waals surface area contributed by atoms with Crippen LogP contribution in [0.3, 0.4) is 0 Å². The van der Waals surface area contributed by atoms with Crippen molar-refractivity contribution in [3.63, 3.8) is 0 Å². The van der Waals surface area contributed by atoms with Gasteiger partial charge in [-0.2, -0.15) is 0 Å². The highest BCUT2D eigenvalue weighted by Crippen LogP contribution is 2.16. The summed E-state index contributed by atoms with van der Waals surface area (Å²) in [6.07, 6.45) is 2.19. The molecule has 2 aromatic carbocycles. The first-order chi connectivity index (χ1) is 22.4. The van der Waals surface area contributed by atoms with Gasteiger partial charge in [-0.15, -0.1) is 0 Å². The van der Waals surface area contributed by atoms with Gasteiger partial charge in [0.2, 0.25) is 29.5 Å². The number of nitrogens with two attached hydrogens (primary N) is 1. The number of nitrogens with one attached hydrogen (secondary N) is 4. The van der Waals surface area contributed by atoms with E-state index in [1.165, 1.54) is 4.90 Å². The Hall–Kier alpha value is -4.25. The highest BCUT2D eigenvalue weighted by molar-refractivity contribution is 5.98. The van der Waals surface area contributed by atoms with Crippen LogP contribution in [0, 0.1) is 11.8 Å². The molecule has 0 saturated carbocycles. The van der Waals surface area contributed by atoms with E-state index < -0.39 is 59.7 Å². The number of unbranched alkanes of at least 4 members (excludes halogenated alkanes) is 1. The lowest BCUT2D eigenvalue weighted by molar-refractivity contribution is -0.143. The summed E-state index contributed by atoms with van der Waals surface area (Å²) in [5.74, 6) is -2.80. The van der Waals surface area contributed by atoms with E-state index in [4.69, 9.17) is 5.73 Å². The van der Waals surface area contributed by atoms with Crippen molar-refractivity contribution >= 4 is 29.5 Å². The van der Waals surface area contributed by atoms with E-state index in [2.05, 4.69) is 21.3 Å². The lowest BCUT2D eigenvalue weighted by Crippen LogP contribution is -2.59. The Morgan fingerprint density at radius 3 is 1.74 bits per heavy atom. The number of rotatable bonds is 11. The van der Waals surface area contributed by atoms with E-state index in [-0.39, 0.29) is 24.7 Å². The highest BCUT2D eigenvalue weighted by atomic mass is 16.2. The fourth-order valence-electron chi connectivity index (χ4n) is 5.75. The summed E-state index contributed by atoms with van der Waals surface area (Å²) in [7, 11) is 1.54. The van der Waals surface area contributed by atoms with Crippen LogP contribution >= 0.6 is 0 Å². The maximum Gasteiger partial charge on any atom is 0.245 e. The fourth-order valence-corrected chi connectivity index (χ4v) is 5.75. The summed E-state index contributed by atoms with van der Waals surface area (Å²) in [5, 5.41) is 11.5. The minimum Gasteiger partial charge on any atom is -0.343 e. The van der Waals surface area contributed by atoms with Gasteiger partial charge in [0.25, 0.3) is 0 Å². The monoisotopic (exact) mass is 648 g/mol. The average Bonchev–Trinajstić information content (AvgIpc) is 3.04. The zero-order valence-corrected chi connectivity index (χ0v) is 28.3. The summed E-state index contributed by atoms with van der Waals surface area (Å²) < 4.78 is 0. The summed E-state index contributed by atoms with van der Waals surface area (Å²) in [6, 6.07) is 13.7. The summed E-state index contributed by atoms with van der Waals surface area (Å²) >= 11 is 0. The molecule has 1 saturated heterocycles. The molecule has 11 nitrogen and oxygen atoms in total. The van der Waals surface area contributed by atoms with E-state index in [0.29, 0.717) is 32.2 Å². The summed E-state index contributed by atoms with van der Waals surface area (Å²) in [6.45, 7) is 7.92. The quantitative estimate of drug-likeness (QED) is 0.235. The van der Waals surface area contributed by atoms with Gasteiger partial charge >= 0.3 is 0 Å². The average molecular weight is 649 g/mol. The maximum atomic E-state index is 14.3. The Bertz CT molecular complexity index is 1340. The molecular formula is C36H52N6O5. The molecular weight excluding hydrogens is 596 g/mol. The van der Waals surface area contributed by atoms with Crippen LogP contribution in [0.4, 0.5) is 0 Å². The van der Waals surface area contributed by atoms with Gasteiger partial charge in [-0.05, 0) is 55.2 Å². The highest BCUT2D eigenvalue weighted by Gasteiger charge is 2.38. The van der Waals surface area contributed by atoms with Crippen molar-refractivity contribution in [3.8, 4) is 0 Å². The molecule has 0 spiro atoms. The van der Waals surface area contributed by atoms with Gasteiger partial charge in [0, 0.05) is 19.9 Å². The third kappa shape index (κ3) is 11.2. The predicted octanol–water partition coefficient (Wildman–Crippen LogP) is 2.08. The second-order valence-corrected chi connectivity index (χ2v) is 13.2. The minimum atomic E-state index is -1.04. The lowest BCUT2D eigenvalue weighted by atomic mass is 9.98. The van der Waals surface area contributed by atoms with Crippen molar-refractivity contribution in [1.29, 1.82) is 0 Å². The van der Waals surface area contributed by atoms with Gasteiger partial charge < -0.3 is 31.9 Å². The smallest absolute Gasteiger partial charge is 0.245 e. The SMILES string of the molecule is CC(C)C[C@@H]1NC(=O)[C@H](C(C)C)NC(=O)[C@@H](Cc2ccccc2)N(C)C(=O)[C@H](Cc2ccccc2)NC(=O)[C@H](CCCCN)NC1=O. The molecule has 5 atom stereocenters. The third-order valence-electron chi connectivity index (χ3n) is 8.45. The first kappa shape index (κ1) is 37.2. The Labute approximate surface area is 278 Å². The van der Waals surface area contributed by atoms with Gasteiger partial charge in [-0.1, -0.05) is 88.4 Å². The van der Waals surface area contributed by atoms with E-state index in [9.17, 15) is 24.0 Å². The van der Waals surface area contributed by atoms with Crippen molar-refractivity contribution in [2.75, 3.05) is 13.6 Å². The first-order valence-corrected chi connectivity index (χ1v) is 16.7. The molecule has 1 aliphatic heterocycles. The normalized spacial score (nSPS) is 23.4. The number of hydrogen-bond donors (Lipinski definition) is 5. The molecule has 5 amide bonds. The molecule has 11 heteroatoms.